The van der Waals surface area contributed by atoms with Gasteiger partial charge in [0.2, 0.25) is 0 Å². The van der Waals surface area contributed by atoms with Gasteiger partial charge in [0.25, 0.3) is 0 Å². The van der Waals surface area contributed by atoms with Crippen LogP contribution in [0.1, 0.15) is 52.4 Å². The average Bonchev–Trinajstić information content (AvgIpc) is 2.62. The number of piperidine rings is 1. The summed E-state index contributed by atoms with van der Waals surface area (Å²) in [6, 6.07) is -1.54. The number of halogens is 3. The standard InChI is InChI=1S/C21H40F3N3O3S/c1-15(2)16-8-10-17(11-9-16)30-13-19-18(26-31(3,4,5)29)7-6-12-27(19)20(28)25-14-21(22,23)24/h15-19H,6-14H2,1-5H3,(H,25,28)(H,26,29)/t16?,17?,18?,19-/m0/s1. The Morgan fingerprint density at radius 2 is 1.74 bits per heavy atom. The van der Waals surface area contributed by atoms with Crippen LogP contribution in [0.4, 0.5) is 18.0 Å². The monoisotopic (exact) mass is 471 g/mol. The third kappa shape index (κ3) is 9.26. The lowest BCUT2D eigenvalue weighted by atomic mass is 9.80. The number of alkyl halides is 3. The summed E-state index contributed by atoms with van der Waals surface area (Å²) in [5.41, 5.74) is 0. The molecule has 0 aromatic carbocycles. The maximum atomic E-state index is 12.9. The lowest BCUT2D eigenvalue weighted by Crippen LogP contribution is -2.64. The highest BCUT2D eigenvalue weighted by molar-refractivity contribution is 8.16. The highest BCUT2D eigenvalue weighted by atomic mass is 32.3. The van der Waals surface area contributed by atoms with E-state index in [4.69, 9.17) is 4.74 Å². The van der Waals surface area contributed by atoms with Gasteiger partial charge in [-0.2, -0.15) is 13.2 Å². The van der Waals surface area contributed by atoms with Crippen LogP contribution in [0.3, 0.4) is 0 Å². The predicted molar refractivity (Wildman–Crippen MR) is 119 cm³/mol. The summed E-state index contributed by atoms with van der Waals surface area (Å²) in [6.07, 6.45) is 5.89. The van der Waals surface area contributed by atoms with Crippen LogP contribution < -0.4 is 10.0 Å². The largest absolute Gasteiger partial charge is 0.405 e. The van der Waals surface area contributed by atoms with E-state index >= 15 is 0 Å². The zero-order valence-electron chi connectivity index (χ0n) is 19.5. The minimum Gasteiger partial charge on any atom is -0.376 e. The third-order valence-corrected chi connectivity index (χ3v) is 7.30. The molecule has 2 atom stereocenters. The lowest BCUT2D eigenvalue weighted by molar-refractivity contribution is -0.123. The van der Waals surface area contributed by atoms with Crippen molar-refractivity contribution in [2.75, 3.05) is 38.5 Å². The minimum absolute atomic E-state index is 0.0862. The Balaban J connectivity index is 2.07. The Morgan fingerprint density at radius 3 is 2.26 bits per heavy atom. The highest BCUT2D eigenvalue weighted by Gasteiger charge is 2.39. The van der Waals surface area contributed by atoms with E-state index in [-0.39, 0.29) is 18.8 Å². The maximum absolute atomic E-state index is 12.9. The molecule has 0 aromatic rings. The van der Waals surface area contributed by atoms with Crippen molar-refractivity contribution in [1.82, 2.24) is 14.9 Å². The van der Waals surface area contributed by atoms with E-state index in [2.05, 4.69) is 18.6 Å². The molecule has 184 valence electrons. The van der Waals surface area contributed by atoms with Crippen LogP contribution in [0.5, 0.6) is 0 Å². The molecule has 2 N–H and O–H groups in total. The van der Waals surface area contributed by atoms with Gasteiger partial charge in [0.1, 0.15) is 6.54 Å². The number of nitrogens with one attached hydrogen (secondary N) is 2. The molecule has 1 saturated carbocycles. The van der Waals surface area contributed by atoms with Gasteiger partial charge in [-0.25, -0.2) is 4.79 Å². The fourth-order valence-corrected chi connectivity index (χ4v) is 5.91. The van der Waals surface area contributed by atoms with Crippen molar-refractivity contribution in [3.8, 4) is 0 Å². The number of carbonyl (C=O) groups excluding carboxylic acids is 1. The van der Waals surface area contributed by atoms with Crippen LogP contribution in [0.2, 0.25) is 0 Å². The van der Waals surface area contributed by atoms with Crippen LogP contribution in [0.15, 0.2) is 0 Å². The Morgan fingerprint density at radius 1 is 1.13 bits per heavy atom. The first-order chi connectivity index (χ1) is 14.1. The van der Waals surface area contributed by atoms with E-state index < -0.39 is 34.0 Å². The Labute approximate surface area is 184 Å². The second kappa shape index (κ2) is 9.95. The first kappa shape index (κ1) is 26.4. The number of amides is 2. The smallest absolute Gasteiger partial charge is 0.376 e. The molecule has 2 amide bonds. The van der Waals surface area contributed by atoms with E-state index in [1.165, 1.54) is 4.90 Å². The van der Waals surface area contributed by atoms with Crippen molar-refractivity contribution in [2.24, 2.45) is 11.8 Å². The summed E-state index contributed by atoms with van der Waals surface area (Å²) in [6.45, 7) is 3.66. The van der Waals surface area contributed by atoms with Crippen molar-refractivity contribution in [2.45, 2.75) is 76.7 Å². The molecule has 1 aliphatic carbocycles. The van der Waals surface area contributed by atoms with Crippen LogP contribution in [-0.2, 0) is 14.0 Å². The molecule has 2 aliphatic rings. The van der Waals surface area contributed by atoms with Gasteiger partial charge < -0.3 is 15.0 Å². The summed E-state index contributed by atoms with van der Waals surface area (Å²) in [4.78, 5) is 14.0. The Bertz CT molecular complexity index is 661. The number of ether oxygens (including phenoxy) is 1. The van der Waals surface area contributed by atoms with Gasteiger partial charge in [-0.15, -0.1) is 0 Å². The van der Waals surface area contributed by atoms with Crippen molar-refractivity contribution < 1.29 is 26.9 Å². The molecule has 0 spiro atoms. The third-order valence-electron chi connectivity index (χ3n) is 6.20. The summed E-state index contributed by atoms with van der Waals surface area (Å²) in [5, 5.41) is 1.98. The van der Waals surface area contributed by atoms with Crippen LogP contribution in [0, 0.1) is 11.8 Å². The molecule has 2 rings (SSSR count). The number of carbonyl (C=O) groups is 1. The molecule has 31 heavy (non-hydrogen) atoms. The molecule has 10 heteroatoms. The van der Waals surface area contributed by atoms with Crippen LogP contribution >= 0.6 is 0 Å². The normalized spacial score (nSPS) is 29.5. The van der Waals surface area contributed by atoms with Crippen LogP contribution in [-0.4, -0.2) is 78.0 Å². The molecule has 0 aromatic heterocycles. The summed E-state index contributed by atoms with van der Waals surface area (Å²) in [5.74, 6) is 1.34. The maximum Gasteiger partial charge on any atom is 0.405 e. The molecular formula is C21H40F3N3O3S. The zero-order valence-corrected chi connectivity index (χ0v) is 20.3. The quantitative estimate of drug-likeness (QED) is 0.597. The zero-order chi connectivity index (χ0) is 23.5. The number of hydrogen-bond donors (Lipinski definition) is 2. The number of urea groups is 1. The SMILES string of the molecule is CC(C)C1CCC(OC[C@H]2C(NS(C)(C)(C)=O)CCCN2C(=O)NCC(F)(F)F)CC1. The second-order valence-corrected chi connectivity index (χ2v) is 15.5. The Kier molecular flexibility index (Phi) is 8.47. The number of hydrogen-bond acceptors (Lipinski definition) is 3. The molecule has 0 radical (unpaired) electrons. The molecular weight excluding hydrogens is 431 g/mol. The molecule has 1 saturated heterocycles. The Hall–Kier alpha value is -0.870. The summed E-state index contributed by atoms with van der Waals surface area (Å²) >= 11 is 0. The highest BCUT2D eigenvalue weighted by Crippen LogP contribution is 2.32. The summed E-state index contributed by atoms with van der Waals surface area (Å²) in [7, 11) is -3.10. The van der Waals surface area contributed by atoms with Crippen molar-refractivity contribution in [3.63, 3.8) is 0 Å². The number of nitrogens with zero attached hydrogens (tertiary/aromatic N) is 1. The average molecular weight is 472 g/mol. The van der Waals surface area contributed by atoms with Crippen molar-refractivity contribution >= 4 is 15.3 Å². The molecule has 2 fully saturated rings. The van der Waals surface area contributed by atoms with Crippen molar-refractivity contribution in [1.29, 1.82) is 0 Å². The predicted octanol–water partition coefficient (Wildman–Crippen LogP) is 3.54. The van der Waals surface area contributed by atoms with E-state index in [0.717, 1.165) is 25.7 Å². The first-order valence-corrected chi connectivity index (χ1v) is 14.4. The molecule has 0 bridgehead atoms. The number of likely N-dealkylation sites (tertiary alicyclic amines) is 1. The molecule has 1 heterocycles. The van der Waals surface area contributed by atoms with Crippen LogP contribution in [0.25, 0.3) is 0 Å². The molecule has 1 unspecified atom stereocenters. The summed E-state index contributed by atoms with van der Waals surface area (Å²) < 4.78 is 60.1. The van der Waals surface area contributed by atoms with Gasteiger partial charge in [0.05, 0.1) is 18.8 Å². The molecule has 1 aliphatic heterocycles. The van der Waals surface area contributed by atoms with E-state index in [1.807, 2.05) is 5.32 Å². The van der Waals surface area contributed by atoms with Gasteiger partial charge in [0.15, 0.2) is 0 Å². The van der Waals surface area contributed by atoms with E-state index in [0.29, 0.717) is 31.2 Å². The minimum atomic E-state index is -4.47. The van der Waals surface area contributed by atoms with Gasteiger partial charge in [-0.05, 0) is 50.4 Å². The fourth-order valence-electron chi connectivity index (χ4n) is 4.60. The van der Waals surface area contributed by atoms with Gasteiger partial charge >= 0.3 is 12.2 Å². The number of rotatable bonds is 7. The lowest BCUT2D eigenvalue weighted by Gasteiger charge is -2.46. The fraction of sp³-hybridized carbons (Fsp3) is 0.952. The second-order valence-electron chi connectivity index (χ2n) is 10.4. The molecule has 6 nitrogen and oxygen atoms in total. The van der Waals surface area contributed by atoms with Crippen molar-refractivity contribution in [3.05, 3.63) is 0 Å². The van der Waals surface area contributed by atoms with E-state index in [9.17, 15) is 22.2 Å². The van der Waals surface area contributed by atoms with Gasteiger partial charge in [0, 0.05) is 31.4 Å². The van der Waals surface area contributed by atoms with E-state index in [1.54, 1.807) is 18.8 Å². The van der Waals surface area contributed by atoms with Gasteiger partial charge in [-0.1, -0.05) is 23.1 Å². The topological polar surface area (TPSA) is 70.7 Å². The van der Waals surface area contributed by atoms with Gasteiger partial charge in [-0.3, -0.25) is 8.93 Å². The first-order valence-electron chi connectivity index (χ1n) is 11.2.